The van der Waals surface area contributed by atoms with Gasteiger partial charge in [0.05, 0.1) is 12.6 Å². The first kappa shape index (κ1) is 14.2. The predicted molar refractivity (Wildman–Crippen MR) is 66.0 cm³/mol. The largest absolute Gasteiger partial charge is 0.360 e. The minimum Gasteiger partial charge on any atom is -0.360 e. The zero-order chi connectivity index (χ0) is 13.7. The lowest BCUT2D eigenvalue weighted by molar-refractivity contribution is -0.134. The Morgan fingerprint density at radius 2 is 2.22 bits per heavy atom. The molecule has 1 aromatic rings. The van der Waals surface area contributed by atoms with E-state index in [4.69, 9.17) is 4.52 Å². The molecule has 0 bridgehead atoms. The predicted octanol–water partition coefficient (Wildman–Crippen LogP) is -0.0122. The Hall–Kier alpha value is -1.89. The first-order valence-corrected chi connectivity index (χ1v) is 5.59. The monoisotopic (exact) mass is 254 g/mol. The van der Waals surface area contributed by atoms with Crippen LogP contribution in [0.15, 0.2) is 10.6 Å². The van der Waals surface area contributed by atoms with E-state index in [-0.39, 0.29) is 24.4 Å². The zero-order valence-corrected chi connectivity index (χ0v) is 11.0. The molecule has 2 amide bonds. The molecule has 1 atom stereocenters. The lowest BCUT2D eigenvalue weighted by Crippen LogP contribution is -2.44. The van der Waals surface area contributed by atoms with Crippen LogP contribution in [0.25, 0.3) is 0 Å². The fraction of sp³-hybridized carbons (Fsp3) is 0.545. The third kappa shape index (κ3) is 3.85. The highest BCUT2D eigenvalue weighted by Gasteiger charge is 2.18. The van der Waals surface area contributed by atoms with Crippen molar-refractivity contribution in [3.05, 3.63) is 11.8 Å². The van der Waals surface area contributed by atoms with Gasteiger partial charge in [0.2, 0.25) is 11.8 Å². The number of amides is 2. The van der Waals surface area contributed by atoms with E-state index in [1.807, 2.05) is 0 Å². The molecule has 2 N–H and O–H groups in total. The molecule has 18 heavy (non-hydrogen) atoms. The van der Waals surface area contributed by atoms with Gasteiger partial charge in [-0.1, -0.05) is 5.16 Å². The van der Waals surface area contributed by atoms with Gasteiger partial charge in [0.25, 0.3) is 0 Å². The second-order valence-corrected chi connectivity index (χ2v) is 4.08. The van der Waals surface area contributed by atoms with Crippen molar-refractivity contribution < 1.29 is 14.1 Å². The number of hydrogen-bond donors (Lipinski definition) is 2. The van der Waals surface area contributed by atoms with Gasteiger partial charge < -0.3 is 20.1 Å². The first-order valence-electron chi connectivity index (χ1n) is 5.59. The van der Waals surface area contributed by atoms with Gasteiger partial charge in [0.1, 0.15) is 5.76 Å². The second-order valence-electron chi connectivity index (χ2n) is 4.08. The van der Waals surface area contributed by atoms with Gasteiger partial charge in [0.15, 0.2) is 5.82 Å². The van der Waals surface area contributed by atoms with Gasteiger partial charge in [-0.05, 0) is 20.9 Å². The summed E-state index contributed by atoms with van der Waals surface area (Å²) in [5.41, 5.74) is 0. The maximum Gasteiger partial charge on any atom is 0.245 e. The quantitative estimate of drug-likeness (QED) is 0.771. The average Bonchev–Trinajstić information content (AvgIpc) is 2.72. The maximum absolute atomic E-state index is 11.7. The topological polar surface area (TPSA) is 87.5 Å². The summed E-state index contributed by atoms with van der Waals surface area (Å²) in [6.07, 6.45) is 0. The molecule has 0 saturated carbocycles. The molecule has 0 radical (unpaired) electrons. The summed E-state index contributed by atoms with van der Waals surface area (Å²) in [4.78, 5) is 24.7. The Morgan fingerprint density at radius 1 is 1.56 bits per heavy atom. The van der Waals surface area contributed by atoms with Crippen LogP contribution in [0.5, 0.6) is 0 Å². The van der Waals surface area contributed by atoms with Gasteiger partial charge in [-0.25, -0.2) is 0 Å². The molecule has 0 saturated heterocycles. The van der Waals surface area contributed by atoms with Crippen LogP contribution in [-0.4, -0.2) is 48.6 Å². The number of carbonyl (C=O) groups excluding carboxylic acids is 2. The van der Waals surface area contributed by atoms with Crippen molar-refractivity contribution in [2.45, 2.75) is 19.9 Å². The fourth-order valence-electron chi connectivity index (χ4n) is 1.36. The molecule has 0 fully saturated rings. The van der Waals surface area contributed by atoms with Crippen molar-refractivity contribution in [3.63, 3.8) is 0 Å². The third-order valence-corrected chi connectivity index (χ3v) is 2.46. The van der Waals surface area contributed by atoms with Crippen LogP contribution in [0, 0.1) is 6.92 Å². The van der Waals surface area contributed by atoms with Crippen LogP contribution < -0.4 is 10.6 Å². The Balaban J connectivity index is 2.47. The highest BCUT2D eigenvalue weighted by molar-refractivity contribution is 5.94. The number of aryl methyl sites for hydroxylation is 1. The molecule has 1 aromatic heterocycles. The molecule has 1 unspecified atom stereocenters. The lowest BCUT2D eigenvalue weighted by Gasteiger charge is -2.20. The van der Waals surface area contributed by atoms with Gasteiger partial charge in [0, 0.05) is 13.1 Å². The molecule has 0 aliphatic rings. The van der Waals surface area contributed by atoms with Gasteiger partial charge >= 0.3 is 0 Å². The van der Waals surface area contributed by atoms with Gasteiger partial charge in [-0.3, -0.25) is 9.59 Å². The molecule has 7 nitrogen and oxygen atoms in total. The first-order chi connectivity index (χ1) is 8.43. The summed E-state index contributed by atoms with van der Waals surface area (Å²) in [6, 6.07) is 1.28. The fourth-order valence-corrected chi connectivity index (χ4v) is 1.36. The van der Waals surface area contributed by atoms with Crippen LogP contribution in [0.2, 0.25) is 0 Å². The lowest BCUT2D eigenvalue weighted by atomic mass is 10.3. The van der Waals surface area contributed by atoms with Crippen LogP contribution in [0.3, 0.4) is 0 Å². The van der Waals surface area contributed by atoms with Crippen molar-refractivity contribution in [3.8, 4) is 0 Å². The second kappa shape index (κ2) is 6.15. The van der Waals surface area contributed by atoms with E-state index < -0.39 is 0 Å². The summed E-state index contributed by atoms with van der Waals surface area (Å²) in [5.74, 6) is 0.491. The molecule has 1 heterocycles. The number of rotatable bonds is 5. The molecule has 0 aliphatic heterocycles. The van der Waals surface area contributed by atoms with Crippen LogP contribution in [-0.2, 0) is 9.59 Å². The normalized spacial score (nSPS) is 12.0. The average molecular weight is 254 g/mol. The Morgan fingerprint density at radius 3 is 2.72 bits per heavy atom. The van der Waals surface area contributed by atoms with Gasteiger partial charge in [-0.2, -0.15) is 0 Å². The molecule has 7 heteroatoms. The Kier molecular flexibility index (Phi) is 4.85. The van der Waals surface area contributed by atoms with Crippen molar-refractivity contribution in [2.24, 2.45) is 0 Å². The van der Waals surface area contributed by atoms with Crippen molar-refractivity contribution in [1.29, 1.82) is 0 Å². The van der Waals surface area contributed by atoms with E-state index in [0.717, 1.165) is 0 Å². The highest BCUT2D eigenvalue weighted by atomic mass is 16.5. The Bertz CT molecular complexity index is 430. The number of nitrogens with zero attached hydrogens (tertiary/aromatic N) is 2. The molecule has 0 spiro atoms. The van der Waals surface area contributed by atoms with Crippen molar-refractivity contribution >= 4 is 17.6 Å². The number of likely N-dealkylation sites (N-methyl/N-ethyl adjacent to an activating group) is 2. The molecule has 1 rings (SSSR count). The minimum atomic E-state index is -0.322. The van der Waals surface area contributed by atoms with E-state index in [9.17, 15) is 9.59 Å². The summed E-state index contributed by atoms with van der Waals surface area (Å²) in [7, 11) is 3.26. The number of nitrogens with one attached hydrogen (secondary N) is 2. The summed E-state index contributed by atoms with van der Waals surface area (Å²) >= 11 is 0. The van der Waals surface area contributed by atoms with E-state index in [2.05, 4.69) is 15.8 Å². The van der Waals surface area contributed by atoms with Crippen LogP contribution in [0.1, 0.15) is 12.7 Å². The molecule has 0 aromatic carbocycles. The minimum absolute atomic E-state index is 0.0310. The van der Waals surface area contributed by atoms with E-state index >= 15 is 0 Å². The molecule has 0 aliphatic carbocycles. The molecular weight excluding hydrogens is 236 g/mol. The number of carbonyl (C=O) groups is 2. The third-order valence-electron chi connectivity index (χ3n) is 2.46. The van der Waals surface area contributed by atoms with Gasteiger partial charge in [-0.15, -0.1) is 0 Å². The summed E-state index contributed by atoms with van der Waals surface area (Å²) in [6.45, 7) is 3.43. The highest BCUT2D eigenvalue weighted by Crippen LogP contribution is 2.06. The molecular formula is C11H18N4O3. The van der Waals surface area contributed by atoms with Crippen LogP contribution >= 0.6 is 0 Å². The van der Waals surface area contributed by atoms with E-state index in [1.54, 1.807) is 34.0 Å². The standard InChI is InChI=1S/C11H18N4O3/c1-7-5-9(14-18-7)13-10(16)6-15(4)11(17)8(2)12-3/h5,8,12H,6H2,1-4H3,(H,13,14,16). The van der Waals surface area contributed by atoms with E-state index in [1.165, 1.54) is 4.90 Å². The smallest absolute Gasteiger partial charge is 0.245 e. The summed E-state index contributed by atoms with van der Waals surface area (Å²) in [5, 5.41) is 9.01. The number of aromatic nitrogens is 1. The number of hydrogen-bond acceptors (Lipinski definition) is 5. The van der Waals surface area contributed by atoms with Crippen LogP contribution in [0.4, 0.5) is 5.82 Å². The van der Waals surface area contributed by atoms with Crippen molar-refractivity contribution in [2.75, 3.05) is 26.0 Å². The number of anilines is 1. The molecule has 100 valence electrons. The maximum atomic E-state index is 11.7. The zero-order valence-electron chi connectivity index (χ0n) is 11.0. The van der Waals surface area contributed by atoms with E-state index in [0.29, 0.717) is 11.6 Å². The Labute approximate surface area is 105 Å². The summed E-state index contributed by atoms with van der Waals surface area (Å²) < 4.78 is 4.82. The SMILES string of the molecule is CNC(C)C(=O)N(C)CC(=O)Nc1cc(C)on1. The van der Waals surface area contributed by atoms with Crippen molar-refractivity contribution in [1.82, 2.24) is 15.4 Å².